The number of rotatable bonds is 4. The third kappa shape index (κ3) is 5.60. The Morgan fingerprint density at radius 3 is 1.84 bits per heavy atom. The Balaban J connectivity index is 0.000000186. The summed E-state index contributed by atoms with van der Waals surface area (Å²) < 4.78 is 10.4. The summed E-state index contributed by atoms with van der Waals surface area (Å²) in [6, 6.07) is 7.77. The maximum Gasteiger partial charge on any atom is 0.113 e. The zero-order valence-corrected chi connectivity index (χ0v) is 12.3. The van der Waals surface area contributed by atoms with E-state index in [-0.39, 0.29) is 0 Å². The smallest absolute Gasteiger partial charge is 0.113 e. The van der Waals surface area contributed by atoms with Gasteiger partial charge in [-0.2, -0.15) is 0 Å². The molecule has 1 aliphatic carbocycles. The highest BCUT2D eigenvalue weighted by atomic mass is 32.2. The van der Waals surface area contributed by atoms with Crippen LogP contribution in [-0.4, -0.2) is 0 Å². The van der Waals surface area contributed by atoms with E-state index in [2.05, 4.69) is 6.92 Å². The Labute approximate surface area is 119 Å². The first-order valence-electron chi connectivity index (χ1n) is 6.97. The fourth-order valence-electron chi connectivity index (χ4n) is 2.17. The molecule has 19 heavy (non-hydrogen) atoms. The Bertz CT molecular complexity index is 379. The van der Waals surface area contributed by atoms with Gasteiger partial charge in [-0.1, -0.05) is 32.6 Å². The molecule has 0 amide bonds. The molecule has 2 heterocycles. The van der Waals surface area contributed by atoms with E-state index >= 15 is 0 Å². The van der Waals surface area contributed by atoms with Gasteiger partial charge in [0.2, 0.25) is 0 Å². The van der Waals surface area contributed by atoms with Crippen LogP contribution in [-0.2, 0) is 11.5 Å². The average Bonchev–Trinajstić information content (AvgIpc) is 3.11. The lowest BCUT2D eigenvalue weighted by molar-refractivity contribution is 0.526. The van der Waals surface area contributed by atoms with Crippen molar-refractivity contribution in [2.75, 3.05) is 0 Å². The molecule has 0 N–H and O–H groups in total. The predicted octanol–water partition coefficient (Wildman–Crippen LogP) is 5.50. The fraction of sp³-hybridized carbons (Fsp3) is 0.500. The van der Waals surface area contributed by atoms with E-state index < -0.39 is 0 Å². The van der Waals surface area contributed by atoms with Crippen LogP contribution in [0.25, 0.3) is 0 Å². The van der Waals surface area contributed by atoms with Crippen LogP contribution in [0.1, 0.15) is 44.1 Å². The number of furan rings is 2. The minimum Gasteiger partial charge on any atom is -0.468 e. The Kier molecular flexibility index (Phi) is 6.15. The molecule has 3 rings (SSSR count). The lowest BCUT2D eigenvalue weighted by Gasteiger charge is -1.95. The van der Waals surface area contributed by atoms with E-state index in [9.17, 15) is 0 Å². The average molecular weight is 278 g/mol. The Morgan fingerprint density at radius 2 is 1.53 bits per heavy atom. The van der Waals surface area contributed by atoms with Crippen molar-refractivity contribution < 1.29 is 8.83 Å². The molecule has 3 heteroatoms. The second-order valence-electron chi connectivity index (χ2n) is 5.04. The molecular formula is C16H22O2S. The second kappa shape index (κ2) is 8.16. The molecule has 2 aromatic heterocycles. The molecule has 1 saturated carbocycles. The van der Waals surface area contributed by atoms with Gasteiger partial charge >= 0.3 is 0 Å². The standard InChI is InChI=1S/C10H10O2S.C6H12/c1-3-9(11-5-1)7-13-8-10-4-2-6-12-10;1-6-4-2-3-5-6/h1-6H,7-8H2;6H,2-5H2,1H3. The van der Waals surface area contributed by atoms with Crippen molar-refractivity contribution >= 4 is 11.8 Å². The van der Waals surface area contributed by atoms with Gasteiger partial charge in [0, 0.05) is 0 Å². The van der Waals surface area contributed by atoms with E-state index in [1.165, 1.54) is 25.7 Å². The molecule has 2 nitrogen and oxygen atoms in total. The highest BCUT2D eigenvalue weighted by Crippen LogP contribution is 2.23. The molecule has 0 radical (unpaired) electrons. The topological polar surface area (TPSA) is 26.3 Å². The molecule has 0 aliphatic heterocycles. The van der Waals surface area contributed by atoms with Crippen molar-refractivity contribution in [3.63, 3.8) is 0 Å². The van der Waals surface area contributed by atoms with Crippen LogP contribution in [0.4, 0.5) is 0 Å². The molecule has 0 unspecified atom stereocenters. The van der Waals surface area contributed by atoms with Crippen LogP contribution in [0.5, 0.6) is 0 Å². The molecule has 0 aromatic carbocycles. The quantitative estimate of drug-likeness (QED) is 0.738. The van der Waals surface area contributed by atoms with Gasteiger partial charge < -0.3 is 8.83 Å². The summed E-state index contributed by atoms with van der Waals surface area (Å²) in [5, 5.41) is 0. The van der Waals surface area contributed by atoms with Gasteiger partial charge in [0.25, 0.3) is 0 Å². The summed E-state index contributed by atoms with van der Waals surface area (Å²) in [5.74, 6) is 4.86. The van der Waals surface area contributed by atoms with Gasteiger partial charge in [-0.05, 0) is 30.2 Å². The van der Waals surface area contributed by atoms with Gasteiger partial charge in [-0.15, -0.1) is 11.8 Å². The van der Waals surface area contributed by atoms with Crippen molar-refractivity contribution in [2.24, 2.45) is 5.92 Å². The van der Waals surface area contributed by atoms with Gasteiger partial charge in [-0.25, -0.2) is 0 Å². The molecule has 0 atom stereocenters. The van der Waals surface area contributed by atoms with Crippen molar-refractivity contribution in [2.45, 2.75) is 44.1 Å². The van der Waals surface area contributed by atoms with Crippen LogP contribution >= 0.6 is 11.8 Å². The van der Waals surface area contributed by atoms with Crippen LogP contribution < -0.4 is 0 Å². The molecule has 0 bridgehead atoms. The van der Waals surface area contributed by atoms with E-state index in [0.717, 1.165) is 28.9 Å². The highest BCUT2D eigenvalue weighted by Gasteiger charge is 2.07. The maximum absolute atomic E-state index is 5.20. The van der Waals surface area contributed by atoms with Crippen molar-refractivity contribution in [3.8, 4) is 0 Å². The maximum atomic E-state index is 5.20. The Morgan fingerprint density at radius 1 is 1.00 bits per heavy atom. The van der Waals surface area contributed by atoms with Gasteiger partial charge in [0.05, 0.1) is 24.0 Å². The largest absolute Gasteiger partial charge is 0.468 e. The minimum atomic E-state index is 0.897. The second-order valence-corrected chi connectivity index (χ2v) is 6.03. The monoisotopic (exact) mass is 278 g/mol. The van der Waals surface area contributed by atoms with Crippen LogP contribution in [0.15, 0.2) is 45.6 Å². The van der Waals surface area contributed by atoms with Crippen LogP contribution in [0, 0.1) is 5.92 Å². The van der Waals surface area contributed by atoms with Crippen LogP contribution in [0.3, 0.4) is 0 Å². The lowest BCUT2D eigenvalue weighted by atomic mass is 10.2. The highest BCUT2D eigenvalue weighted by molar-refractivity contribution is 7.97. The number of hydrogen-bond acceptors (Lipinski definition) is 3. The summed E-state index contributed by atoms with van der Waals surface area (Å²) in [5.41, 5.74) is 0. The molecule has 0 saturated heterocycles. The van der Waals surface area contributed by atoms with Gasteiger partial charge in [-0.3, -0.25) is 0 Å². The SMILES string of the molecule is CC1CCCC1.c1coc(CSCc2ccco2)c1. The summed E-state index contributed by atoms with van der Waals surface area (Å²) in [6.45, 7) is 2.34. The van der Waals surface area contributed by atoms with Crippen LogP contribution in [0.2, 0.25) is 0 Å². The molecule has 1 aliphatic rings. The third-order valence-corrected chi connectivity index (χ3v) is 4.27. The van der Waals surface area contributed by atoms with E-state index in [0.29, 0.717) is 0 Å². The normalized spacial score (nSPS) is 15.2. The van der Waals surface area contributed by atoms with E-state index in [1.807, 2.05) is 24.3 Å². The summed E-state index contributed by atoms with van der Waals surface area (Å²) in [7, 11) is 0. The zero-order valence-electron chi connectivity index (χ0n) is 11.5. The molecule has 1 fully saturated rings. The number of hydrogen-bond donors (Lipinski definition) is 0. The molecule has 104 valence electrons. The summed E-state index contributed by atoms with van der Waals surface area (Å²) >= 11 is 1.78. The molecule has 2 aromatic rings. The minimum absolute atomic E-state index is 0.897. The van der Waals surface area contributed by atoms with Crippen molar-refractivity contribution in [1.82, 2.24) is 0 Å². The lowest BCUT2D eigenvalue weighted by Crippen LogP contribution is -1.78. The predicted molar refractivity (Wildman–Crippen MR) is 80.0 cm³/mol. The first-order chi connectivity index (χ1) is 9.34. The number of thioether (sulfide) groups is 1. The van der Waals surface area contributed by atoms with E-state index in [4.69, 9.17) is 8.83 Å². The summed E-state index contributed by atoms with van der Waals surface area (Å²) in [6.07, 6.45) is 9.34. The summed E-state index contributed by atoms with van der Waals surface area (Å²) in [4.78, 5) is 0. The van der Waals surface area contributed by atoms with Crippen molar-refractivity contribution in [3.05, 3.63) is 48.3 Å². The zero-order chi connectivity index (χ0) is 13.3. The third-order valence-electron chi connectivity index (χ3n) is 3.29. The van der Waals surface area contributed by atoms with E-state index in [1.54, 1.807) is 24.3 Å². The van der Waals surface area contributed by atoms with Gasteiger partial charge in [0.1, 0.15) is 11.5 Å². The fourth-order valence-corrected chi connectivity index (χ4v) is 3.00. The Hall–Kier alpha value is -1.09. The first kappa shape index (κ1) is 14.3. The van der Waals surface area contributed by atoms with Gasteiger partial charge in [0.15, 0.2) is 0 Å². The first-order valence-corrected chi connectivity index (χ1v) is 8.12. The van der Waals surface area contributed by atoms with Crippen molar-refractivity contribution in [1.29, 1.82) is 0 Å². The molecule has 0 spiro atoms. The molecular weight excluding hydrogens is 256 g/mol.